The fourth-order valence-corrected chi connectivity index (χ4v) is 2.70. The Morgan fingerprint density at radius 1 is 1.38 bits per heavy atom. The monoisotopic (exact) mass is 346 g/mol. The molecule has 0 aliphatic rings. The minimum absolute atomic E-state index is 0.00385. The molecule has 0 saturated heterocycles. The third-order valence-corrected chi connectivity index (χ3v) is 3.86. The van der Waals surface area contributed by atoms with Gasteiger partial charge in [-0.05, 0) is 30.7 Å². The van der Waals surface area contributed by atoms with Gasteiger partial charge < -0.3 is 14.3 Å². The van der Waals surface area contributed by atoms with Gasteiger partial charge in [0.05, 0.1) is 17.8 Å². The van der Waals surface area contributed by atoms with Gasteiger partial charge in [0, 0.05) is 11.6 Å². The molecule has 1 N–H and O–H groups in total. The zero-order valence-electron chi connectivity index (χ0n) is 13.1. The molecule has 0 bridgehead atoms. The highest BCUT2D eigenvalue weighted by Crippen LogP contribution is 2.32. The normalized spacial score (nSPS) is 10.8. The molecule has 0 atom stereocenters. The first kappa shape index (κ1) is 16.1. The number of furan rings is 1. The second-order valence-electron chi connectivity index (χ2n) is 5.07. The lowest BCUT2D eigenvalue weighted by atomic mass is 10.1. The molecule has 0 aliphatic heterocycles. The van der Waals surface area contributed by atoms with Crippen LogP contribution in [-0.2, 0) is 6.42 Å². The van der Waals surface area contributed by atoms with Crippen LogP contribution in [-0.4, -0.2) is 28.0 Å². The number of nitrogens with zero attached hydrogens (tertiary/aromatic N) is 2. The third kappa shape index (κ3) is 2.76. The van der Waals surface area contributed by atoms with E-state index in [0.29, 0.717) is 39.9 Å². The van der Waals surface area contributed by atoms with E-state index in [2.05, 4.69) is 5.10 Å². The van der Waals surface area contributed by atoms with Crippen LogP contribution >= 0.6 is 11.6 Å². The van der Waals surface area contributed by atoms with E-state index in [-0.39, 0.29) is 5.69 Å². The number of ether oxygens (including phenoxy) is 1. The summed E-state index contributed by atoms with van der Waals surface area (Å²) in [6.45, 7) is 1.87. The second kappa shape index (κ2) is 6.41. The number of carboxylic acids is 1. The average molecular weight is 347 g/mol. The number of carbonyl (C=O) groups is 1. The first-order chi connectivity index (χ1) is 11.5. The predicted octanol–water partition coefficient (Wildman–Crippen LogP) is 4.05. The maximum absolute atomic E-state index is 11.6. The Morgan fingerprint density at radius 3 is 2.58 bits per heavy atom. The Balaban J connectivity index is 2.25. The van der Waals surface area contributed by atoms with E-state index in [1.54, 1.807) is 42.1 Å². The number of aromatic nitrogens is 2. The van der Waals surface area contributed by atoms with Crippen LogP contribution < -0.4 is 4.74 Å². The van der Waals surface area contributed by atoms with Gasteiger partial charge in [-0.15, -0.1) is 0 Å². The van der Waals surface area contributed by atoms with E-state index in [4.69, 9.17) is 20.8 Å². The maximum atomic E-state index is 11.6. The number of benzene rings is 1. The minimum Gasteiger partial charge on any atom is -0.497 e. The number of hydrogen-bond donors (Lipinski definition) is 1. The molecule has 0 amide bonds. The van der Waals surface area contributed by atoms with Crippen molar-refractivity contribution < 1.29 is 19.1 Å². The van der Waals surface area contributed by atoms with E-state index in [1.807, 2.05) is 6.92 Å². The third-order valence-electron chi connectivity index (χ3n) is 3.66. The second-order valence-corrected chi connectivity index (χ2v) is 5.51. The topological polar surface area (TPSA) is 77.5 Å². The summed E-state index contributed by atoms with van der Waals surface area (Å²) in [6, 6.07) is 8.79. The Kier molecular flexibility index (Phi) is 4.31. The molecule has 0 spiro atoms. The van der Waals surface area contributed by atoms with Crippen molar-refractivity contribution >= 4 is 17.6 Å². The van der Waals surface area contributed by atoms with E-state index < -0.39 is 5.97 Å². The van der Waals surface area contributed by atoms with Crippen LogP contribution in [0.2, 0.25) is 5.02 Å². The highest BCUT2D eigenvalue weighted by atomic mass is 35.5. The highest BCUT2D eigenvalue weighted by molar-refractivity contribution is 6.30. The molecule has 0 radical (unpaired) electrons. The van der Waals surface area contributed by atoms with Crippen LogP contribution in [0, 0.1) is 0 Å². The van der Waals surface area contributed by atoms with Gasteiger partial charge >= 0.3 is 5.97 Å². The van der Waals surface area contributed by atoms with Crippen LogP contribution in [0.25, 0.3) is 17.1 Å². The molecule has 6 nitrogen and oxygen atoms in total. The largest absolute Gasteiger partial charge is 0.497 e. The predicted molar refractivity (Wildman–Crippen MR) is 89.2 cm³/mol. The average Bonchev–Trinajstić information content (AvgIpc) is 3.18. The summed E-state index contributed by atoms with van der Waals surface area (Å²) in [6.07, 6.45) is 1.90. The summed E-state index contributed by atoms with van der Waals surface area (Å²) in [5, 5.41) is 14.2. The molecule has 0 fully saturated rings. The van der Waals surface area contributed by atoms with E-state index in [9.17, 15) is 9.90 Å². The lowest BCUT2D eigenvalue weighted by molar-refractivity contribution is 0.0689. The number of methoxy groups -OCH3 is 1. The maximum Gasteiger partial charge on any atom is 0.356 e. The Morgan fingerprint density at radius 2 is 2.08 bits per heavy atom. The fourth-order valence-electron chi connectivity index (χ4n) is 2.56. The van der Waals surface area contributed by atoms with Crippen molar-refractivity contribution in [1.29, 1.82) is 0 Å². The number of rotatable bonds is 5. The molecule has 124 valence electrons. The molecule has 7 heteroatoms. The summed E-state index contributed by atoms with van der Waals surface area (Å²) in [5.74, 6) is 0.0772. The molecule has 24 heavy (non-hydrogen) atoms. The first-order valence-electron chi connectivity index (χ1n) is 7.29. The molecule has 1 aromatic carbocycles. The lowest BCUT2D eigenvalue weighted by Gasteiger charge is -2.08. The van der Waals surface area contributed by atoms with Crippen molar-refractivity contribution in [3.8, 4) is 22.9 Å². The summed E-state index contributed by atoms with van der Waals surface area (Å²) in [5.41, 5.74) is 1.85. The van der Waals surface area contributed by atoms with Crippen LogP contribution in [0.4, 0.5) is 0 Å². The lowest BCUT2D eigenvalue weighted by Crippen LogP contribution is -2.02. The molecule has 2 heterocycles. The van der Waals surface area contributed by atoms with Crippen molar-refractivity contribution in [1.82, 2.24) is 9.78 Å². The molecule has 0 aliphatic carbocycles. The standard InChI is InChI=1S/C17H15ClN2O4/c1-3-13-15(17(21)22)19-20(11-4-6-12(23-2)7-5-11)16(13)14-8-10(18)9-24-14/h4-9H,3H2,1-2H3,(H,21,22). The van der Waals surface area contributed by atoms with Gasteiger partial charge in [0.2, 0.25) is 0 Å². The molecule has 0 unspecified atom stereocenters. The van der Waals surface area contributed by atoms with Crippen molar-refractivity contribution in [3.05, 3.63) is 52.9 Å². The molecular formula is C17H15ClN2O4. The van der Waals surface area contributed by atoms with Gasteiger partial charge in [0.25, 0.3) is 0 Å². The molecular weight excluding hydrogens is 332 g/mol. The van der Waals surface area contributed by atoms with Gasteiger partial charge in [-0.2, -0.15) is 5.10 Å². The molecule has 2 aromatic heterocycles. The van der Waals surface area contributed by atoms with E-state index >= 15 is 0 Å². The number of halogens is 1. The van der Waals surface area contributed by atoms with Gasteiger partial charge in [-0.1, -0.05) is 18.5 Å². The van der Waals surface area contributed by atoms with E-state index in [0.717, 1.165) is 0 Å². The van der Waals surface area contributed by atoms with E-state index in [1.165, 1.54) is 6.26 Å². The smallest absolute Gasteiger partial charge is 0.356 e. The Hall–Kier alpha value is -2.73. The molecule has 3 aromatic rings. The summed E-state index contributed by atoms with van der Waals surface area (Å²) in [4.78, 5) is 11.6. The van der Waals surface area contributed by atoms with Crippen LogP contribution in [0.15, 0.2) is 41.0 Å². The number of carboxylic acid groups (broad SMARTS) is 1. The van der Waals surface area contributed by atoms with Crippen molar-refractivity contribution in [2.24, 2.45) is 0 Å². The van der Waals surface area contributed by atoms with Crippen molar-refractivity contribution in [2.45, 2.75) is 13.3 Å². The summed E-state index contributed by atoms with van der Waals surface area (Å²) in [7, 11) is 1.58. The first-order valence-corrected chi connectivity index (χ1v) is 7.67. The SMILES string of the molecule is CCc1c(C(=O)O)nn(-c2ccc(OC)cc2)c1-c1cc(Cl)co1. The zero-order chi connectivity index (χ0) is 17.3. The number of hydrogen-bond acceptors (Lipinski definition) is 4. The number of aromatic carboxylic acids is 1. The van der Waals surface area contributed by atoms with Crippen LogP contribution in [0.5, 0.6) is 5.75 Å². The van der Waals surface area contributed by atoms with Crippen molar-refractivity contribution in [3.63, 3.8) is 0 Å². The zero-order valence-corrected chi connectivity index (χ0v) is 13.9. The quantitative estimate of drug-likeness (QED) is 0.754. The van der Waals surface area contributed by atoms with Gasteiger partial charge in [0.15, 0.2) is 11.5 Å². The molecule has 3 rings (SSSR count). The van der Waals surface area contributed by atoms with Gasteiger partial charge in [-0.3, -0.25) is 0 Å². The van der Waals surface area contributed by atoms with Crippen LogP contribution in [0.3, 0.4) is 0 Å². The fraction of sp³-hybridized carbons (Fsp3) is 0.176. The minimum atomic E-state index is -1.09. The van der Waals surface area contributed by atoms with Crippen molar-refractivity contribution in [2.75, 3.05) is 7.11 Å². The summed E-state index contributed by atoms with van der Waals surface area (Å²) >= 11 is 5.96. The Labute approximate surface area is 143 Å². The Bertz CT molecular complexity index is 881. The highest BCUT2D eigenvalue weighted by Gasteiger charge is 2.25. The summed E-state index contributed by atoms with van der Waals surface area (Å²) < 4.78 is 12.2. The van der Waals surface area contributed by atoms with Crippen LogP contribution in [0.1, 0.15) is 23.0 Å². The van der Waals surface area contributed by atoms with Gasteiger partial charge in [-0.25, -0.2) is 9.48 Å². The molecule has 0 saturated carbocycles. The van der Waals surface area contributed by atoms with Gasteiger partial charge in [0.1, 0.15) is 17.7 Å².